The van der Waals surface area contributed by atoms with Gasteiger partial charge in [-0.05, 0) is 29.3 Å². The molecule has 1 amide bonds. The highest BCUT2D eigenvalue weighted by Gasteiger charge is 2.25. The molecule has 1 aliphatic rings. The van der Waals surface area contributed by atoms with Crippen LogP contribution < -0.4 is 4.90 Å². The first kappa shape index (κ1) is 18.7. The molecular formula is C22H20ClN3OS. The van der Waals surface area contributed by atoms with Gasteiger partial charge in [-0.25, -0.2) is 4.98 Å². The van der Waals surface area contributed by atoms with E-state index in [-0.39, 0.29) is 5.91 Å². The van der Waals surface area contributed by atoms with Gasteiger partial charge in [0.25, 0.3) is 5.91 Å². The lowest BCUT2D eigenvalue weighted by Crippen LogP contribution is -2.49. The second-order valence-corrected chi connectivity index (χ2v) is 7.88. The maximum Gasteiger partial charge on any atom is 0.254 e. The van der Waals surface area contributed by atoms with E-state index in [4.69, 9.17) is 11.6 Å². The molecule has 0 N–H and O–H groups in total. The minimum Gasteiger partial charge on any atom is -0.345 e. The Labute approximate surface area is 173 Å². The van der Waals surface area contributed by atoms with Crippen molar-refractivity contribution in [2.75, 3.05) is 31.1 Å². The van der Waals surface area contributed by atoms with Crippen molar-refractivity contribution in [1.82, 2.24) is 9.88 Å². The molecule has 142 valence electrons. The number of hydrogen-bond donors (Lipinski definition) is 0. The predicted octanol–water partition coefficient (Wildman–Crippen LogP) is 4.69. The van der Waals surface area contributed by atoms with Gasteiger partial charge >= 0.3 is 0 Å². The first-order valence-electron chi connectivity index (χ1n) is 9.17. The molecular weight excluding hydrogens is 390 g/mol. The largest absolute Gasteiger partial charge is 0.345 e. The van der Waals surface area contributed by atoms with Gasteiger partial charge in [0.1, 0.15) is 0 Å². The molecule has 0 spiro atoms. The number of aromatic nitrogens is 1. The molecule has 1 fully saturated rings. The number of amides is 1. The Morgan fingerprint density at radius 2 is 1.71 bits per heavy atom. The van der Waals surface area contributed by atoms with E-state index < -0.39 is 0 Å². The average molecular weight is 410 g/mol. The summed E-state index contributed by atoms with van der Waals surface area (Å²) in [4.78, 5) is 21.9. The summed E-state index contributed by atoms with van der Waals surface area (Å²) >= 11 is 7.68. The Hall–Kier alpha value is -2.63. The number of halogens is 1. The topological polar surface area (TPSA) is 36.4 Å². The first-order valence-corrected chi connectivity index (χ1v) is 10.4. The third-order valence-electron chi connectivity index (χ3n) is 4.75. The summed E-state index contributed by atoms with van der Waals surface area (Å²) in [5.74, 6) is 0.0463. The van der Waals surface area contributed by atoms with E-state index in [0.29, 0.717) is 23.7 Å². The van der Waals surface area contributed by atoms with Crippen LogP contribution in [0.4, 0.5) is 5.13 Å². The highest BCUT2D eigenvalue weighted by atomic mass is 35.5. The Balaban J connectivity index is 1.57. The van der Waals surface area contributed by atoms with Gasteiger partial charge in [-0.1, -0.05) is 54.1 Å². The van der Waals surface area contributed by atoms with Gasteiger partial charge < -0.3 is 9.80 Å². The van der Waals surface area contributed by atoms with Crippen molar-refractivity contribution in [3.8, 4) is 0 Å². The molecule has 2 heterocycles. The zero-order valence-corrected chi connectivity index (χ0v) is 16.9. The van der Waals surface area contributed by atoms with Crippen molar-refractivity contribution in [2.45, 2.75) is 0 Å². The Morgan fingerprint density at radius 1 is 1.00 bits per heavy atom. The zero-order chi connectivity index (χ0) is 19.3. The quantitative estimate of drug-likeness (QED) is 0.463. The fourth-order valence-corrected chi connectivity index (χ4v) is 4.08. The molecule has 0 atom stereocenters. The molecule has 6 heteroatoms. The van der Waals surface area contributed by atoms with Gasteiger partial charge in [-0.15, -0.1) is 11.3 Å². The number of anilines is 1. The fraction of sp³-hybridized carbons (Fsp3) is 0.182. The Morgan fingerprint density at radius 3 is 2.36 bits per heavy atom. The van der Waals surface area contributed by atoms with Crippen LogP contribution in [0.2, 0.25) is 5.02 Å². The van der Waals surface area contributed by atoms with E-state index in [9.17, 15) is 4.79 Å². The molecule has 2 aromatic carbocycles. The number of carbonyl (C=O) groups is 1. The van der Waals surface area contributed by atoms with Gasteiger partial charge in [-0.2, -0.15) is 0 Å². The van der Waals surface area contributed by atoms with Gasteiger partial charge in [-0.3, -0.25) is 4.79 Å². The standard InChI is InChI=1S/C22H20ClN3OS/c23-19-8-6-18(7-9-19)20(16-17-4-2-1-3-5-17)21(27)25-11-13-26(14-12-25)22-24-10-15-28-22/h1-10,15-16H,11-14H2/b20-16+. The third kappa shape index (κ3) is 4.26. The number of thiazole rings is 1. The van der Waals surface area contributed by atoms with Crippen molar-refractivity contribution >= 4 is 45.6 Å². The second kappa shape index (κ2) is 8.59. The van der Waals surface area contributed by atoms with Gasteiger partial charge in [0.2, 0.25) is 0 Å². The van der Waals surface area contributed by atoms with Crippen LogP contribution in [0, 0.1) is 0 Å². The Kier molecular flexibility index (Phi) is 5.74. The average Bonchev–Trinajstić information content (AvgIpc) is 3.28. The molecule has 0 unspecified atom stereocenters. The van der Waals surface area contributed by atoms with Crippen LogP contribution in [0.25, 0.3) is 11.6 Å². The summed E-state index contributed by atoms with van der Waals surface area (Å²) in [6, 6.07) is 17.4. The molecule has 3 aromatic rings. The lowest BCUT2D eigenvalue weighted by molar-refractivity contribution is -0.125. The smallest absolute Gasteiger partial charge is 0.254 e. The molecule has 28 heavy (non-hydrogen) atoms. The normalized spacial score (nSPS) is 15.0. The summed E-state index contributed by atoms with van der Waals surface area (Å²) in [6.45, 7) is 2.94. The molecule has 4 rings (SSSR count). The first-order chi connectivity index (χ1) is 13.7. The van der Waals surface area contributed by atoms with E-state index in [2.05, 4.69) is 9.88 Å². The SMILES string of the molecule is O=C(/C(=C/c1ccccc1)c1ccc(Cl)cc1)N1CCN(c2nccs2)CC1. The molecule has 4 nitrogen and oxygen atoms in total. The predicted molar refractivity (Wildman–Crippen MR) is 117 cm³/mol. The molecule has 0 saturated carbocycles. The van der Waals surface area contributed by atoms with Crippen LogP contribution in [-0.2, 0) is 4.79 Å². The van der Waals surface area contributed by atoms with E-state index in [1.54, 1.807) is 11.3 Å². The molecule has 0 aliphatic carbocycles. The monoisotopic (exact) mass is 409 g/mol. The summed E-state index contributed by atoms with van der Waals surface area (Å²) in [5, 5.41) is 3.66. The number of piperazine rings is 1. The summed E-state index contributed by atoms with van der Waals surface area (Å²) < 4.78 is 0. The van der Waals surface area contributed by atoms with Crippen molar-refractivity contribution in [3.63, 3.8) is 0 Å². The van der Waals surface area contributed by atoms with Crippen LogP contribution in [-0.4, -0.2) is 42.0 Å². The molecule has 0 radical (unpaired) electrons. The number of hydrogen-bond acceptors (Lipinski definition) is 4. The lowest BCUT2D eigenvalue weighted by atomic mass is 10.0. The number of carbonyl (C=O) groups excluding carboxylic acids is 1. The third-order valence-corrected chi connectivity index (χ3v) is 5.84. The second-order valence-electron chi connectivity index (χ2n) is 6.57. The van der Waals surface area contributed by atoms with Gasteiger partial charge in [0, 0.05) is 48.4 Å². The number of benzene rings is 2. The van der Waals surface area contributed by atoms with Gasteiger partial charge in [0.15, 0.2) is 5.13 Å². The van der Waals surface area contributed by atoms with Crippen molar-refractivity contribution in [2.24, 2.45) is 0 Å². The highest BCUT2D eigenvalue weighted by molar-refractivity contribution is 7.13. The number of nitrogens with zero attached hydrogens (tertiary/aromatic N) is 3. The lowest BCUT2D eigenvalue weighted by Gasteiger charge is -2.35. The van der Waals surface area contributed by atoms with Crippen LogP contribution in [0.3, 0.4) is 0 Å². The molecule has 1 aromatic heterocycles. The van der Waals surface area contributed by atoms with Crippen LogP contribution >= 0.6 is 22.9 Å². The van der Waals surface area contributed by atoms with E-state index in [1.165, 1.54) is 0 Å². The van der Waals surface area contributed by atoms with Crippen LogP contribution in [0.1, 0.15) is 11.1 Å². The Bertz CT molecular complexity index is 947. The van der Waals surface area contributed by atoms with E-state index in [0.717, 1.165) is 29.3 Å². The summed E-state index contributed by atoms with van der Waals surface area (Å²) in [7, 11) is 0. The van der Waals surface area contributed by atoms with Crippen molar-refractivity contribution in [1.29, 1.82) is 0 Å². The summed E-state index contributed by atoms with van der Waals surface area (Å²) in [5.41, 5.74) is 2.56. The minimum atomic E-state index is 0.0463. The molecule has 0 bridgehead atoms. The zero-order valence-electron chi connectivity index (χ0n) is 15.3. The van der Waals surface area contributed by atoms with Crippen LogP contribution in [0.5, 0.6) is 0 Å². The molecule has 1 aliphatic heterocycles. The maximum absolute atomic E-state index is 13.4. The van der Waals surface area contributed by atoms with E-state index >= 15 is 0 Å². The summed E-state index contributed by atoms with van der Waals surface area (Å²) in [6.07, 6.45) is 3.78. The fourth-order valence-electron chi connectivity index (χ4n) is 3.26. The van der Waals surface area contributed by atoms with Gasteiger partial charge in [0.05, 0.1) is 0 Å². The molecule has 1 saturated heterocycles. The number of rotatable bonds is 4. The minimum absolute atomic E-state index is 0.0463. The highest BCUT2D eigenvalue weighted by Crippen LogP contribution is 2.25. The maximum atomic E-state index is 13.4. The van der Waals surface area contributed by atoms with Crippen molar-refractivity contribution in [3.05, 3.63) is 82.3 Å². The van der Waals surface area contributed by atoms with Crippen molar-refractivity contribution < 1.29 is 4.79 Å². The van der Waals surface area contributed by atoms with E-state index in [1.807, 2.05) is 77.2 Å². The van der Waals surface area contributed by atoms with Crippen LogP contribution in [0.15, 0.2) is 66.2 Å².